The number of benzene rings is 1. The maximum absolute atomic E-state index is 13.0. The second-order valence-corrected chi connectivity index (χ2v) is 7.28. The Labute approximate surface area is 165 Å². The summed E-state index contributed by atoms with van der Waals surface area (Å²) in [6.07, 6.45) is 2.43. The van der Waals surface area contributed by atoms with Crippen LogP contribution >= 0.6 is 0 Å². The number of nitrogens with zero attached hydrogens (tertiary/aromatic N) is 3. The summed E-state index contributed by atoms with van der Waals surface area (Å²) in [7, 11) is 1.64. The summed E-state index contributed by atoms with van der Waals surface area (Å²) in [4.78, 5) is 35.9. The Hall–Kier alpha value is -2.61. The number of likely N-dealkylation sites (tertiary alicyclic amines) is 1. The quantitative estimate of drug-likeness (QED) is 0.707. The number of hydrogen-bond acceptors (Lipinski definition) is 5. The van der Waals surface area contributed by atoms with Crippen molar-refractivity contribution in [2.24, 2.45) is 11.7 Å². The fourth-order valence-electron chi connectivity index (χ4n) is 3.83. The van der Waals surface area contributed by atoms with Gasteiger partial charge in [0.2, 0.25) is 11.8 Å². The lowest BCUT2D eigenvalue weighted by Gasteiger charge is -2.34. The van der Waals surface area contributed by atoms with E-state index in [1.54, 1.807) is 7.11 Å². The highest BCUT2D eigenvalue weighted by Gasteiger charge is 2.29. The number of hydrogen-bond donors (Lipinski definition) is 2. The zero-order valence-electron chi connectivity index (χ0n) is 16.6. The highest BCUT2D eigenvalue weighted by molar-refractivity contribution is 5.80. The van der Waals surface area contributed by atoms with Crippen LogP contribution in [0.5, 0.6) is 5.75 Å². The van der Waals surface area contributed by atoms with E-state index in [2.05, 4.69) is 9.97 Å². The summed E-state index contributed by atoms with van der Waals surface area (Å²) < 4.78 is 5.24. The van der Waals surface area contributed by atoms with Crippen LogP contribution in [0.1, 0.15) is 25.6 Å². The molecule has 1 unspecified atom stereocenters. The van der Waals surface area contributed by atoms with Gasteiger partial charge in [0.25, 0.3) is 0 Å². The third kappa shape index (κ3) is 4.81. The normalized spacial score (nSPS) is 17.6. The molecule has 28 heavy (non-hydrogen) atoms. The first-order chi connectivity index (χ1) is 13.5. The Kier molecular flexibility index (Phi) is 6.51. The maximum Gasteiger partial charge on any atom is 0.231 e. The predicted octanol–water partition coefficient (Wildman–Crippen LogP) is 1.16. The van der Waals surface area contributed by atoms with E-state index >= 15 is 0 Å². The van der Waals surface area contributed by atoms with Crippen molar-refractivity contribution in [3.8, 4) is 5.75 Å². The number of aromatic nitrogens is 2. The average Bonchev–Trinajstić information content (AvgIpc) is 3.09. The number of ether oxygens (including phenoxy) is 1. The van der Waals surface area contributed by atoms with E-state index in [1.807, 2.05) is 34.9 Å². The summed E-state index contributed by atoms with van der Waals surface area (Å²) in [5.74, 6) is 1.36. The highest BCUT2D eigenvalue weighted by atomic mass is 16.5. The maximum atomic E-state index is 13.0. The second kappa shape index (κ2) is 9.05. The number of H-pyrrole nitrogens is 1. The second-order valence-electron chi connectivity index (χ2n) is 7.28. The molecule has 0 bridgehead atoms. The molecule has 152 valence electrons. The summed E-state index contributed by atoms with van der Waals surface area (Å²) in [6, 6.07) is 5.73. The van der Waals surface area contributed by atoms with Gasteiger partial charge in [0.05, 0.1) is 30.6 Å². The first kappa shape index (κ1) is 20.1. The molecule has 1 saturated heterocycles. The Bertz CT molecular complexity index is 834. The number of carbonyl (C=O) groups excluding carboxylic acids is 2. The number of likely N-dealkylation sites (N-methyl/N-ethyl adjacent to an activating group) is 1. The first-order valence-electron chi connectivity index (χ1n) is 9.82. The Morgan fingerprint density at radius 1 is 1.43 bits per heavy atom. The lowest BCUT2D eigenvalue weighted by Crippen LogP contribution is -2.47. The van der Waals surface area contributed by atoms with E-state index < -0.39 is 0 Å². The number of aromatic amines is 1. The number of rotatable bonds is 8. The number of primary amides is 1. The fraction of sp³-hybridized carbons (Fsp3) is 0.550. The van der Waals surface area contributed by atoms with Crippen LogP contribution in [-0.4, -0.2) is 71.4 Å². The topological polar surface area (TPSA) is 105 Å². The number of fused-ring (bicyclic) bond motifs is 1. The van der Waals surface area contributed by atoms with Crippen LogP contribution < -0.4 is 10.5 Å². The van der Waals surface area contributed by atoms with Gasteiger partial charge in [-0.1, -0.05) is 0 Å². The average molecular weight is 387 g/mol. The number of piperidine rings is 1. The van der Waals surface area contributed by atoms with Crippen molar-refractivity contribution in [2.75, 3.05) is 39.8 Å². The molecule has 1 aliphatic heterocycles. The summed E-state index contributed by atoms with van der Waals surface area (Å²) in [5, 5.41) is 0. The molecule has 1 aromatic carbocycles. The van der Waals surface area contributed by atoms with Crippen molar-refractivity contribution in [2.45, 2.75) is 26.2 Å². The lowest BCUT2D eigenvalue weighted by atomic mass is 9.96. The molecule has 1 aromatic heterocycles. The Morgan fingerprint density at radius 2 is 2.25 bits per heavy atom. The van der Waals surface area contributed by atoms with E-state index in [0.717, 1.165) is 42.0 Å². The van der Waals surface area contributed by atoms with E-state index in [-0.39, 0.29) is 24.3 Å². The number of carbonyl (C=O) groups is 2. The third-order valence-corrected chi connectivity index (χ3v) is 5.28. The largest absolute Gasteiger partial charge is 0.497 e. The van der Waals surface area contributed by atoms with Gasteiger partial charge < -0.3 is 20.4 Å². The van der Waals surface area contributed by atoms with Gasteiger partial charge in [0.15, 0.2) is 0 Å². The number of amides is 2. The van der Waals surface area contributed by atoms with Gasteiger partial charge in [-0.05, 0) is 38.4 Å². The van der Waals surface area contributed by atoms with Crippen molar-refractivity contribution in [3.05, 3.63) is 24.0 Å². The lowest BCUT2D eigenvalue weighted by molar-refractivity contribution is -0.137. The third-order valence-electron chi connectivity index (χ3n) is 5.28. The van der Waals surface area contributed by atoms with Crippen LogP contribution in [-0.2, 0) is 16.0 Å². The Balaban J connectivity index is 1.60. The predicted molar refractivity (Wildman–Crippen MR) is 107 cm³/mol. The van der Waals surface area contributed by atoms with Crippen LogP contribution in [0.4, 0.5) is 0 Å². The molecular weight excluding hydrogens is 358 g/mol. The summed E-state index contributed by atoms with van der Waals surface area (Å²) >= 11 is 0. The fourth-order valence-corrected chi connectivity index (χ4v) is 3.83. The minimum Gasteiger partial charge on any atom is -0.497 e. The molecule has 1 atom stereocenters. The monoisotopic (exact) mass is 387 g/mol. The molecule has 1 aliphatic rings. The van der Waals surface area contributed by atoms with Gasteiger partial charge in [-0.3, -0.25) is 14.5 Å². The first-order valence-corrected chi connectivity index (χ1v) is 9.82. The van der Waals surface area contributed by atoms with Crippen molar-refractivity contribution in [1.29, 1.82) is 0 Å². The smallest absolute Gasteiger partial charge is 0.231 e. The molecule has 3 rings (SSSR count). The minimum atomic E-state index is -0.345. The van der Waals surface area contributed by atoms with E-state index in [1.165, 1.54) is 0 Å². The van der Waals surface area contributed by atoms with Crippen LogP contribution in [0.2, 0.25) is 0 Å². The standard InChI is InChI=1S/C20H29N5O3/c1-3-25(20(27)14-5-4-9-24(12-14)13-18(21)26)10-8-19-22-16-7-6-15(28-2)11-17(16)23-19/h6-7,11,14H,3-5,8-10,12-13H2,1-2H3,(H2,21,26)(H,22,23). The number of methoxy groups -OCH3 is 1. The SMILES string of the molecule is CCN(CCc1nc2ccc(OC)cc2[nH]1)C(=O)C1CCCN(CC(N)=O)C1. The molecule has 0 radical (unpaired) electrons. The van der Waals surface area contributed by atoms with Gasteiger partial charge in [-0.15, -0.1) is 0 Å². The van der Waals surface area contributed by atoms with Gasteiger partial charge in [0, 0.05) is 32.1 Å². The minimum absolute atomic E-state index is 0.0759. The highest BCUT2D eigenvalue weighted by Crippen LogP contribution is 2.20. The van der Waals surface area contributed by atoms with Crippen molar-refractivity contribution in [1.82, 2.24) is 19.8 Å². The van der Waals surface area contributed by atoms with E-state index in [0.29, 0.717) is 26.1 Å². The molecule has 0 spiro atoms. The summed E-state index contributed by atoms with van der Waals surface area (Å²) in [5.41, 5.74) is 7.12. The van der Waals surface area contributed by atoms with Crippen LogP contribution in [0.3, 0.4) is 0 Å². The molecule has 0 saturated carbocycles. The molecule has 8 heteroatoms. The van der Waals surface area contributed by atoms with Crippen molar-refractivity contribution >= 4 is 22.8 Å². The number of nitrogens with one attached hydrogen (secondary N) is 1. The van der Waals surface area contributed by atoms with E-state index in [9.17, 15) is 9.59 Å². The van der Waals surface area contributed by atoms with E-state index in [4.69, 9.17) is 10.5 Å². The zero-order valence-corrected chi connectivity index (χ0v) is 16.6. The van der Waals surface area contributed by atoms with Crippen molar-refractivity contribution in [3.63, 3.8) is 0 Å². The molecule has 1 fully saturated rings. The molecule has 2 aromatic rings. The molecule has 0 aliphatic carbocycles. The van der Waals surface area contributed by atoms with Crippen LogP contribution in [0.15, 0.2) is 18.2 Å². The number of imidazole rings is 1. The van der Waals surface area contributed by atoms with Gasteiger partial charge in [-0.2, -0.15) is 0 Å². The molecule has 2 heterocycles. The van der Waals surface area contributed by atoms with Gasteiger partial charge in [-0.25, -0.2) is 4.98 Å². The molecule has 3 N–H and O–H groups in total. The van der Waals surface area contributed by atoms with Gasteiger partial charge in [0.1, 0.15) is 11.6 Å². The Morgan fingerprint density at radius 3 is 2.96 bits per heavy atom. The van der Waals surface area contributed by atoms with Crippen LogP contribution in [0, 0.1) is 5.92 Å². The van der Waals surface area contributed by atoms with Crippen molar-refractivity contribution < 1.29 is 14.3 Å². The van der Waals surface area contributed by atoms with Gasteiger partial charge >= 0.3 is 0 Å². The zero-order chi connectivity index (χ0) is 20.1. The molecular formula is C20H29N5O3. The molecule has 2 amide bonds. The number of nitrogens with two attached hydrogens (primary N) is 1. The summed E-state index contributed by atoms with van der Waals surface area (Å²) in [6.45, 7) is 4.89. The van der Waals surface area contributed by atoms with Crippen LogP contribution in [0.25, 0.3) is 11.0 Å². The molecule has 8 nitrogen and oxygen atoms in total.